The topological polar surface area (TPSA) is 70.0 Å². The maximum Gasteiger partial charge on any atom is 0.326 e. The van der Waals surface area contributed by atoms with Gasteiger partial charge in [-0.3, -0.25) is 9.55 Å². The predicted molar refractivity (Wildman–Crippen MR) is 138 cm³/mol. The molecule has 2 fully saturated rings. The lowest BCUT2D eigenvalue weighted by molar-refractivity contribution is 0.249. The summed E-state index contributed by atoms with van der Waals surface area (Å²) in [5, 5.41) is 0.989. The van der Waals surface area contributed by atoms with E-state index in [-0.39, 0.29) is 5.69 Å². The Labute approximate surface area is 199 Å². The second-order valence-corrected chi connectivity index (χ2v) is 10.2. The van der Waals surface area contributed by atoms with Gasteiger partial charge in [0.15, 0.2) is 0 Å². The number of anilines is 1. The fraction of sp³-hybridized carbons (Fsp3) is 0.444. The molecule has 1 N–H and O–H groups in total. The van der Waals surface area contributed by atoms with Crippen molar-refractivity contribution >= 4 is 27.8 Å². The van der Waals surface area contributed by atoms with Crippen LogP contribution in [0.15, 0.2) is 41.3 Å². The largest absolute Gasteiger partial charge is 0.357 e. The van der Waals surface area contributed by atoms with Crippen molar-refractivity contribution in [2.75, 3.05) is 32.1 Å². The number of rotatable bonds is 4. The van der Waals surface area contributed by atoms with Crippen molar-refractivity contribution in [1.29, 1.82) is 0 Å². The van der Waals surface area contributed by atoms with Gasteiger partial charge >= 0.3 is 5.69 Å². The normalized spacial score (nSPS) is 17.7. The van der Waals surface area contributed by atoms with Gasteiger partial charge in [0, 0.05) is 49.2 Å². The summed E-state index contributed by atoms with van der Waals surface area (Å²) in [4.78, 5) is 30.2. The molecule has 0 radical (unpaired) electrons. The molecule has 1 saturated carbocycles. The van der Waals surface area contributed by atoms with Gasteiger partial charge in [0.25, 0.3) is 0 Å². The molecule has 0 bridgehead atoms. The number of benzene rings is 1. The number of nitrogens with zero attached hydrogens (tertiary/aromatic N) is 5. The van der Waals surface area contributed by atoms with E-state index in [1.54, 1.807) is 4.57 Å². The van der Waals surface area contributed by atoms with Crippen LogP contribution in [0.4, 0.5) is 5.82 Å². The zero-order chi connectivity index (χ0) is 23.4. The fourth-order valence-electron chi connectivity index (χ4n) is 5.53. The molecule has 4 heterocycles. The van der Waals surface area contributed by atoms with E-state index in [4.69, 9.17) is 9.97 Å². The SMILES string of the molecule is CN(C)C1CCN(c2ccc(-c3ccc4nc(C5CCC5)c5c([nH]c(=O)n5C)c4c3)cn2)CC1. The third-order valence-electron chi connectivity index (χ3n) is 7.95. The average Bonchev–Trinajstić information content (AvgIpc) is 3.12. The van der Waals surface area contributed by atoms with E-state index in [2.05, 4.69) is 59.2 Å². The van der Waals surface area contributed by atoms with Crippen molar-refractivity contribution in [2.24, 2.45) is 7.05 Å². The summed E-state index contributed by atoms with van der Waals surface area (Å²) in [6.07, 6.45) is 7.84. The van der Waals surface area contributed by atoms with Crippen molar-refractivity contribution in [3.8, 4) is 11.1 Å². The van der Waals surface area contributed by atoms with Crippen molar-refractivity contribution in [1.82, 2.24) is 24.4 Å². The fourth-order valence-corrected chi connectivity index (χ4v) is 5.53. The van der Waals surface area contributed by atoms with Gasteiger partial charge in [-0.2, -0.15) is 0 Å². The second-order valence-electron chi connectivity index (χ2n) is 10.2. The molecule has 7 nitrogen and oxygen atoms in total. The van der Waals surface area contributed by atoms with Gasteiger partial charge in [-0.15, -0.1) is 0 Å². The number of piperidine rings is 1. The minimum atomic E-state index is -0.0840. The summed E-state index contributed by atoms with van der Waals surface area (Å²) in [7, 11) is 6.17. The number of hydrogen-bond donors (Lipinski definition) is 1. The molecular weight excluding hydrogens is 424 g/mol. The van der Waals surface area contributed by atoms with Crippen LogP contribution in [0.2, 0.25) is 0 Å². The number of fused-ring (bicyclic) bond motifs is 3. The molecule has 1 aromatic carbocycles. The summed E-state index contributed by atoms with van der Waals surface area (Å²) in [6, 6.07) is 11.3. The highest BCUT2D eigenvalue weighted by molar-refractivity contribution is 6.04. The molecule has 0 amide bonds. The van der Waals surface area contributed by atoms with Gasteiger partial charge in [0.05, 0.1) is 22.2 Å². The highest BCUT2D eigenvalue weighted by Crippen LogP contribution is 2.40. The Bertz CT molecular complexity index is 1410. The summed E-state index contributed by atoms with van der Waals surface area (Å²) >= 11 is 0. The van der Waals surface area contributed by atoms with E-state index in [1.165, 1.54) is 19.3 Å². The zero-order valence-corrected chi connectivity index (χ0v) is 20.2. The van der Waals surface area contributed by atoms with Crippen molar-refractivity contribution < 1.29 is 0 Å². The van der Waals surface area contributed by atoms with Crippen molar-refractivity contribution in [2.45, 2.75) is 44.1 Å². The maximum absolute atomic E-state index is 12.5. The van der Waals surface area contributed by atoms with E-state index in [1.807, 2.05) is 13.2 Å². The van der Waals surface area contributed by atoms with Crippen LogP contribution in [0.25, 0.3) is 33.1 Å². The first-order valence-electron chi connectivity index (χ1n) is 12.4. The lowest BCUT2D eigenvalue weighted by atomic mass is 9.82. The molecular formula is C27H32N6O. The second kappa shape index (κ2) is 8.24. The molecule has 7 heteroatoms. The van der Waals surface area contributed by atoms with Gasteiger partial charge in [-0.05, 0) is 69.6 Å². The molecule has 2 aliphatic rings. The molecule has 0 atom stereocenters. The van der Waals surface area contributed by atoms with Crippen LogP contribution in [0.1, 0.15) is 43.7 Å². The van der Waals surface area contributed by atoms with Crippen LogP contribution in [-0.2, 0) is 7.05 Å². The number of imidazole rings is 1. The Morgan fingerprint density at radius 1 is 1.03 bits per heavy atom. The van der Waals surface area contributed by atoms with E-state index >= 15 is 0 Å². The Morgan fingerprint density at radius 3 is 2.44 bits per heavy atom. The first kappa shape index (κ1) is 21.4. The Balaban J connectivity index is 1.34. The Kier molecular flexibility index (Phi) is 5.17. The third kappa shape index (κ3) is 3.50. The minimum absolute atomic E-state index is 0.0840. The third-order valence-corrected chi connectivity index (χ3v) is 7.95. The van der Waals surface area contributed by atoms with Gasteiger partial charge in [0.2, 0.25) is 0 Å². The molecule has 1 aliphatic carbocycles. The number of aryl methyl sites for hydroxylation is 1. The number of pyridine rings is 2. The van der Waals surface area contributed by atoms with Crippen LogP contribution in [-0.4, -0.2) is 57.6 Å². The van der Waals surface area contributed by atoms with Crippen LogP contribution >= 0.6 is 0 Å². The smallest absolute Gasteiger partial charge is 0.326 e. The molecule has 0 spiro atoms. The van der Waals surface area contributed by atoms with Crippen LogP contribution in [0.3, 0.4) is 0 Å². The van der Waals surface area contributed by atoms with E-state index in [0.717, 1.165) is 70.5 Å². The summed E-state index contributed by atoms with van der Waals surface area (Å²) in [5.41, 5.74) is 5.92. The molecule has 3 aromatic heterocycles. The molecule has 34 heavy (non-hydrogen) atoms. The highest BCUT2D eigenvalue weighted by atomic mass is 16.1. The first-order chi connectivity index (χ1) is 16.5. The highest BCUT2D eigenvalue weighted by Gasteiger charge is 2.26. The summed E-state index contributed by atoms with van der Waals surface area (Å²) in [6.45, 7) is 2.08. The van der Waals surface area contributed by atoms with Crippen LogP contribution < -0.4 is 10.6 Å². The Morgan fingerprint density at radius 2 is 1.79 bits per heavy atom. The number of H-pyrrole nitrogens is 1. The van der Waals surface area contributed by atoms with Crippen molar-refractivity contribution in [3.05, 3.63) is 52.7 Å². The summed E-state index contributed by atoms with van der Waals surface area (Å²) < 4.78 is 1.72. The van der Waals surface area contributed by atoms with E-state index in [0.29, 0.717) is 12.0 Å². The molecule has 4 aromatic rings. The number of nitrogens with one attached hydrogen (secondary N) is 1. The molecule has 1 aliphatic heterocycles. The number of aromatic nitrogens is 4. The standard InChI is InChI=1S/C27H32N6O/c1-31(2)20-11-13-33(14-12-20)23-10-8-19(16-28-23)18-7-9-22-21(15-18)25-26(32(3)27(34)30-25)24(29-22)17-5-4-6-17/h7-10,15-17,20H,4-6,11-14H2,1-3H3,(H,30,34). The van der Waals surface area contributed by atoms with E-state index in [9.17, 15) is 4.79 Å². The van der Waals surface area contributed by atoms with Gasteiger partial charge in [0.1, 0.15) is 5.82 Å². The molecule has 1 saturated heterocycles. The minimum Gasteiger partial charge on any atom is -0.357 e. The number of hydrogen-bond acceptors (Lipinski definition) is 5. The molecule has 6 rings (SSSR count). The van der Waals surface area contributed by atoms with Crippen molar-refractivity contribution in [3.63, 3.8) is 0 Å². The quantitative estimate of drug-likeness (QED) is 0.497. The van der Waals surface area contributed by atoms with Gasteiger partial charge in [-0.25, -0.2) is 9.78 Å². The zero-order valence-electron chi connectivity index (χ0n) is 20.2. The van der Waals surface area contributed by atoms with Crippen LogP contribution in [0, 0.1) is 0 Å². The average molecular weight is 457 g/mol. The number of aromatic amines is 1. The molecule has 176 valence electrons. The lowest BCUT2D eigenvalue weighted by Gasteiger charge is -2.35. The van der Waals surface area contributed by atoms with Crippen LogP contribution in [0.5, 0.6) is 0 Å². The van der Waals surface area contributed by atoms with E-state index < -0.39 is 0 Å². The lowest BCUT2D eigenvalue weighted by Crippen LogP contribution is -2.42. The monoisotopic (exact) mass is 456 g/mol. The summed E-state index contributed by atoms with van der Waals surface area (Å²) in [5.74, 6) is 1.50. The van der Waals surface area contributed by atoms with Gasteiger partial charge < -0.3 is 14.8 Å². The first-order valence-corrected chi connectivity index (χ1v) is 12.4. The molecule has 0 unspecified atom stereocenters. The van der Waals surface area contributed by atoms with Gasteiger partial charge in [-0.1, -0.05) is 12.5 Å². The Hall–Kier alpha value is -3.19. The predicted octanol–water partition coefficient (Wildman–Crippen LogP) is 4.27. The maximum atomic E-state index is 12.5.